The number of alkyl halides is 2. The SMILES string of the molecule is C=C(Nc1ccc(C)c(-c2ccc(CC(C)(N)CNCCC)c(C)c2)c1)c1ccnc(C(C)(F)F)c1. The molecule has 36 heavy (non-hydrogen) atoms. The standard InChI is InChI=1S/C30H38F2N4/c1-7-13-34-19-29(5,33)18-25-10-9-24(15-21(25)3)27-17-26(11-8-20(27)2)36-22(4)23-12-14-35-28(16-23)30(6,31)32/h8-12,14-17,34,36H,4,7,13,18-19,33H2,1-3,5-6H3. The van der Waals surface area contributed by atoms with Crippen molar-refractivity contribution in [1.82, 2.24) is 10.3 Å². The normalized spacial score (nSPS) is 13.3. The number of nitrogens with two attached hydrogens (primary N) is 1. The van der Waals surface area contributed by atoms with Crippen LogP contribution in [0.1, 0.15) is 55.1 Å². The van der Waals surface area contributed by atoms with Crippen molar-refractivity contribution >= 4 is 11.4 Å². The first-order chi connectivity index (χ1) is 16.9. The van der Waals surface area contributed by atoms with Crippen molar-refractivity contribution in [1.29, 1.82) is 0 Å². The van der Waals surface area contributed by atoms with Gasteiger partial charge in [-0.1, -0.05) is 37.8 Å². The van der Waals surface area contributed by atoms with Crippen LogP contribution in [-0.2, 0) is 12.3 Å². The number of rotatable bonds is 11. The van der Waals surface area contributed by atoms with Crippen molar-refractivity contribution in [3.63, 3.8) is 0 Å². The molecule has 0 aliphatic heterocycles. The van der Waals surface area contributed by atoms with Gasteiger partial charge < -0.3 is 16.4 Å². The number of aryl methyl sites for hydroxylation is 2. The monoisotopic (exact) mass is 492 g/mol. The van der Waals surface area contributed by atoms with Gasteiger partial charge in [0, 0.05) is 42.2 Å². The van der Waals surface area contributed by atoms with E-state index in [0.717, 1.165) is 55.2 Å². The maximum Gasteiger partial charge on any atom is 0.286 e. The summed E-state index contributed by atoms with van der Waals surface area (Å²) in [6.07, 6.45) is 3.26. The summed E-state index contributed by atoms with van der Waals surface area (Å²) < 4.78 is 27.4. The van der Waals surface area contributed by atoms with Gasteiger partial charge in [-0.25, -0.2) is 0 Å². The number of nitrogens with zero attached hydrogens (tertiary/aromatic N) is 1. The van der Waals surface area contributed by atoms with Gasteiger partial charge >= 0.3 is 0 Å². The quantitative estimate of drug-likeness (QED) is 0.257. The van der Waals surface area contributed by atoms with Gasteiger partial charge in [0.15, 0.2) is 0 Å². The summed E-state index contributed by atoms with van der Waals surface area (Å²) in [7, 11) is 0. The Balaban J connectivity index is 1.79. The van der Waals surface area contributed by atoms with Crippen molar-refractivity contribution in [3.8, 4) is 11.1 Å². The van der Waals surface area contributed by atoms with Crippen LogP contribution in [0.25, 0.3) is 16.8 Å². The summed E-state index contributed by atoms with van der Waals surface area (Å²) in [6, 6.07) is 15.6. The van der Waals surface area contributed by atoms with E-state index in [4.69, 9.17) is 5.73 Å². The first-order valence-corrected chi connectivity index (χ1v) is 12.4. The topological polar surface area (TPSA) is 63.0 Å². The summed E-state index contributed by atoms with van der Waals surface area (Å²) in [5.74, 6) is -3.01. The van der Waals surface area contributed by atoms with Crippen LogP contribution in [0.5, 0.6) is 0 Å². The highest BCUT2D eigenvalue weighted by Gasteiger charge is 2.26. The van der Waals surface area contributed by atoms with Gasteiger partial charge in [-0.15, -0.1) is 0 Å². The molecule has 4 nitrogen and oxygen atoms in total. The van der Waals surface area contributed by atoms with Crippen molar-refractivity contribution in [3.05, 3.63) is 89.3 Å². The number of pyridine rings is 1. The molecule has 3 aromatic rings. The van der Waals surface area contributed by atoms with E-state index < -0.39 is 5.92 Å². The highest BCUT2D eigenvalue weighted by Crippen LogP contribution is 2.31. The molecule has 0 fully saturated rings. The minimum absolute atomic E-state index is 0.280. The molecule has 0 aliphatic carbocycles. The van der Waals surface area contributed by atoms with Gasteiger partial charge in [0.2, 0.25) is 0 Å². The fourth-order valence-electron chi connectivity index (χ4n) is 4.23. The first kappa shape index (κ1) is 27.5. The summed E-state index contributed by atoms with van der Waals surface area (Å²) in [5, 5.41) is 6.69. The number of aromatic nitrogens is 1. The second-order valence-corrected chi connectivity index (χ2v) is 10.1. The van der Waals surface area contributed by atoms with Gasteiger partial charge in [0.05, 0.1) is 0 Å². The van der Waals surface area contributed by atoms with Crippen LogP contribution in [0.3, 0.4) is 0 Å². The van der Waals surface area contributed by atoms with E-state index in [2.05, 4.69) is 74.2 Å². The van der Waals surface area contributed by atoms with Crippen LogP contribution >= 0.6 is 0 Å². The predicted molar refractivity (Wildman–Crippen MR) is 147 cm³/mol. The Hall–Kier alpha value is -3.09. The van der Waals surface area contributed by atoms with Crippen molar-refractivity contribution in [2.45, 2.75) is 58.9 Å². The zero-order valence-electron chi connectivity index (χ0n) is 22.0. The Labute approximate surface area is 214 Å². The molecule has 6 heteroatoms. The fourth-order valence-corrected chi connectivity index (χ4v) is 4.23. The number of nitrogens with one attached hydrogen (secondary N) is 2. The van der Waals surface area contributed by atoms with E-state index >= 15 is 0 Å². The van der Waals surface area contributed by atoms with E-state index in [1.165, 1.54) is 23.4 Å². The molecule has 0 aliphatic rings. The van der Waals surface area contributed by atoms with E-state index in [1.54, 1.807) is 6.07 Å². The molecule has 1 unspecified atom stereocenters. The number of hydrogen-bond donors (Lipinski definition) is 3. The Morgan fingerprint density at radius 1 is 1.03 bits per heavy atom. The third-order valence-electron chi connectivity index (χ3n) is 6.29. The average molecular weight is 493 g/mol. The Kier molecular flexibility index (Phi) is 8.64. The molecule has 2 aromatic carbocycles. The Morgan fingerprint density at radius 2 is 1.78 bits per heavy atom. The van der Waals surface area contributed by atoms with Gasteiger partial charge in [0.1, 0.15) is 5.69 Å². The lowest BCUT2D eigenvalue weighted by molar-refractivity contribution is 0.0127. The number of anilines is 1. The lowest BCUT2D eigenvalue weighted by Crippen LogP contribution is -2.48. The summed E-state index contributed by atoms with van der Waals surface area (Å²) >= 11 is 0. The molecule has 0 amide bonds. The molecule has 4 N–H and O–H groups in total. The van der Waals surface area contributed by atoms with E-state index in [1.807, 2.05) is 12.1 Å². The van der Waals surface area contributed by atoms with E-state index in [0.29, 0.717) is 11.3 Å². The smallest absolute Gasteiger partial charge is 0.286 e. The minimum Gasteiger partial charge on any atom is -0.356 e. The van der Waals surface area contributed by atoms with Crippen LogP contribution in [0.2, 0.25) is 0 Å². The summed E-state index contributed by atoms with van der Waals surface area (Å²) in [6.45, 7) is 15.1. The summed E-state index contributed by atoms with van der Waals surface area (Å²) in [4.78, 5) is 3.79. The average Bonchev–Trinajstić information content (AvgIpc) is 2.81. The Bertz CT molecular complexity index is 1210. The molecule has 0 bridgehead atoms. The van der Waals surface area contributed by atoms with Gasteiger partial charge in [-0.05, 0) is 92.2 Å². The molecule has 192 valence electrons. The molecular weight excluding hydrogens is 454 g/mol. The van der Waals surface area contributed by atoms with Gasteiger partial charge in [0.25, 0.3) is 5.92 Å². The molecule has 0 spiro atoms. The van der Waals surface area contributed by atoms with Crippen molar-refractivity contribution in [2.75, 3.05) is 18.4 Å². The van der Waals surface area contributed by atoms with Crippen LogP contribution in [0.4, 0.5) is 14.5 Å². The molecular formula is C30H38F2N4. The van der Waals surface area contributed by atoms with Crippen LogP contribution in [0, 0.1) is 13.8 Å². The molecule has 3 rings (SSSR count). The molecule has 0 saturated heterocycles. The van der Waals surface area contributed by atoms with Crippen LogP contribution in [0.15, 0.2) is 61.3 Å². The van der Waals surface area contributed by atoms with Crippen molar-refractivity contribution < 1.29 is 8.78 Å². The van der Waals surface area contributed by atoms with Crippen molar-refractivity contribution in [2.24, 2.45) is 5.73 Å². The van der Waals surface area contributed by atoms with E-state index in [9.17, 15) is 8.78 Å². The molecule has 0 radical (unpaired) electrons. The highest BCUT2D eigenvalue weighted by atomic mass is 19.3. The second kappa shape index (κ2) is 11.3. The maximum absolute atomic E-state index is 13.7. The maximum atomic E-state index is 13.7. The number of benzene rings is 2. The predicted octanol–water partition coefficient (Wildman–Crippen LogP) is 6.82. The third-order valence-corrected chi connectivity index (χ3v) is 6.29. The lowest BCUT2D eigenvalue weighted by atomic mass is 9.89. The minimum atomic E-state index is -3.01. The van der Waals surface area contributed by atoms with Gasteiger partial charge in [-0.3, -0.25) is 4.98 Å². The largest absolute Gasteiger partial charge is 0.356 e. The zero-order valence-corrected chi connectivity index (χ0v) is 22.0. The molecule has 1 aromatic heterocycles. The molecule has 1 heterocycles. The first-order valence-electron chi connectivity index (χ1n) is 12.4. The second-order valence-electron chi connectivity index (χ2n) is 10.1. The van der Waals surface area contributed by atoms with Crippen LogP contribution < -0.4 is 16.4 Å². The fraction of sp³-hybridized carbons (Fsp3) is 0.367. The number of halogens is 2. The van der Waals surface area contributed by atoms with Crippen LogP contribution in [-0.4, -0.2) is 23.6 Å². The molecule has 1 atom stereocenters. The van der Waals surface area contributed by atoms with E-state index in [-0.39, 0.29) is 11.2 Å². The molecule has 0 saturated carbocycles. The summed E-state index contributed by atoms with van der Waals surface area (Å²) in [5.41, 5.74) is 13.7. The zero-order chi connectivity index (χ0) is 26.5. The highest BCUT2D eigenvalue weighted by molar-refractivity contribution is 5.79. The Morgan fingerprint density at radius 3 is 2.44 bits per heavy atom. The third kappa shape index (κ3) is 7.21. The lowest BCUT2D eigenvalue weighted by Gasteiger charge is -2.26. The number of hydrogen-bond acceptors (Lipinski definition) is 4. The van der Waals surface area contributed by atoms with Gasteiger partial charge in [-0.2, -0.15) is 8.78 Å².